The quantitative estimate of drug-likeness (QED) is 0.704. The second-order valence-corrected chi connectivity index (χ2v) is 4.35. The molecular formula is C13H20ClNO2. The molecule has 2 N–H and O–H groups in total. The molecule has 1 rings (SSSR count). The van der Waals surface area contributed by atoms with Gasteiger partial charge in [0, 0.05) is 13.2 Å². The summed E-state index contributed by atoms with van der Waals surface area (Å²) in [6, 6.07) is 7.47. The number of ether oxygens (including phenoxy) is 1. The third-order valence-electron chi connectivity index (χ3n) is 2.35. The lowest BCUT2D eigenvalue weighted by Gasteiger charge is -2.13. The van der Waals surface area contributed by atoms with Crippen LogP contribution in [-0.4, -0.2) is 31.0 Å². The number of benzene rings is 1. The minimum absolute atomic E-state index is 0.359. The zero-order valence-electron chi connectivity index (χ0n) is 10.2. The first kappa shape index (κ1) is 14.3. The van der Waals surface area contributed by atoms with Crippen molar-refractivity contribution in [3.63, 3.8) is 0 Å². The van der Waals surface area contributed by atoms with Gasteiger partial charge in [-0.2, -0.15) is 0 Å². The summed E-state index contributed by atoms with van der Waals surface area (Å²) in [5.41, 5.74) is 0.835. The fraction of sp³-hybridized carbons (Fsp3) is 0.538. The van der Waals surface area contributed by atoms with E-state index in [2.05, 4.69) is 12.2 Å². The van der Waals surface area contributed by atoms with Crippen LogP contribution < -0.4 is 5.32 Å². The van der Waals surface area contributed by atoms with Crippen LogP contribution in [0.25, 0.3) is 0 Å². The number of hydrogen-bond donors (Lipinski definition) is 2. The highest BCUT2D eigenvalue weighted by Crippen LogP contribution is 2.20. The van der Waals surface area contributed by atoms with Gasteiger partial charge in [-0.25, -0.2) is 0 Å². The molecule has 1 atom stereocenters. The summed E-state index contributed by atoms with van der Waals surface area (Å²) in [4.78, 5) is 0. The van der Waals surface area contributed by atoms with E-state index in [1.54, 1.807) is 0 Å². The molecule has 0 saturated heterocycles. The van der Waals surface area contributed by atoms with Crippen LogP contribution in [0.2, 0.25) is 5.02 Å². The standard InChI is InChI=1S/C13H20ClNO2/c1-2-3-8-17-10-11(16)9-15-13-7-5-4-6-12(13)14/h4-7,11,15-16H,2-3,8-10H2,1H3. The zero-order chi connectivity index (χ0) is 12.5. The number of anilines is 1. The molecule has 0 aliphatic rings. The Hall–Kier alpha value is -0.770. The maximum Gasteiger partial charge on any atom is 0.0945 e. The van der Waals surface area contributed by atoms with Gasteiger partial charge in [-0.05, 0) is 18.6 Å². The summed E-state index contributed by atoms with van der Waals surface area (Å²) in [6.07, 6.45) is 1.63. The molecule has 0 radical (unpaired) electrons. The Balaban J connectivity index is 2.19. The van der Waals surface area contributed by atoms with Crippen molar-refractivity contribution >= 4 is 17.3 Å². The SMILES string of the molecule is CCCCOCC(O)CNc1ccccc1Cl. The Morgan fingerprint density at radius 3 is 2.88 bits per heavy atom. The van der Waals surface area contributed by atoms with E-state index in [-0.39, 0.29) is 0 Å². The molecule has 96 valence electrons. The van der Waals surface area contributed by atoms with Crippen LogP contribution in [-0.2, 0) is 4.74 Å². The van der Waals surface area contributed by atoms with Crippen LogP contribution in [0.15, 0.2) is 24.3 Å². The number of nitrogens with one attached hydrogen (secondary N) is 1. The topological polar surface area (TPSA) is 41.5 Å². The Bertz CT molecular complexity index is 320. The van der Waals surface area contributed by atoms with Crippen LogP contribution in [0.3, 0.4) is 0 Å². The normalized spacial score (nSPS) is 12.4. The van der Waals surface area contributed by atoms with Gasteiger partial charge < -0.3 is 15.2 Å². The minimum atomic E-state index is -0.511. The Morgan fingerprint density at radius 2 is 2.18 bits per heavy atom. The molecule has 0 spiro atoms. The molecule has 0 aliphatic heterocycles. The van der Waals surface area contributed by atoms with Crippen molar-refractivity contribution < 1.29 is 9.84 Å². The maximum atomic E-state index is 9.67. The van der Waals surface area contributed by atoms with E-state index < -0.39 is 6.10 Å². The van der Waals surface area contributed by atoms with Gasteiger partial charge >= 0.3 is 0 Å². The van der Waals surface area contributed by atoms with Crippen LogP contribution >= 0.6 is 11.6 Å². The molecule has 0 fully saturated rings. The Kier molecular flexibility index (Phi) is 7.01. The number of para-hydroxylation sites is 1. The summed E-state index contributed by atoms with van der Waals surface area (Å²) in [5.74, 6) is 0. The number of aliphatic hydroxyl groups excluding tert-OH is 1. The number of hydrogen-bond acceptors (Lipinski definition) is 3. The van der Waals surface area contributed by atoms with Gasteiger partial charge in [0.25, 0.3) is 0 Å². The number of rotatable bonds is 8. The Morgan fingerprint density at radius 1 is 1.41 bits per heavy atom. The highest BCUT2D eigenvalue weighted by atomic mass is 35.5. The lowest BCUT2D eigenvalue weighted by molar-refractivity contribution is 0.0422. The first-order chi connectivity index (χ1) is 8.24. The first-order valence-electron chi connectivity index (χ1n) is 5.98. The summed E-state index contributed by atoms with van der Waals surface area (Å²) in [6.45, 7) is 3.62. The van der Waals surface area contributed by atoms with Crippen molar-refractivity contribution in [2.75, 3.05) is 25.1 Å². The smallest absolute Gasteiger partial charge is 0.0945 e. The first-order valence-corrected chi connectivity index (χ1v) is 6.36. The van der Waals surface area contributed by atoms with Gasteiger partial charge in [0.15, 0.2) is 0 Å². The van der Waals surface area contributed by atoms with Crippen molar-refractivity contribution in [2.45, 2.75) is 25.9 Å². The molecule has 17 heavy (non-hydrogen) atoms. The van der Waals surface area contributed by atoms with E-state index in [0.29, 0.717) is 24.8 Å². The van der Waals surface area contributed by atoms with Gasteiger partial charge in [-0.1, -0.05) is 37.1 Å². The molecule has 4 heteroatoms. The highest BCUT2D eigenvalue weighted by molar-refractivity contribution is 6.33. The molecule has 0 heterocycles. The van der Waals surface area contributed by atoms with Gasteiger partial charge in [0.2, 0.25) is 0 Å². The van der Waals surface area contributed by atoms with Gasteiger partial charge in [0.05, 0.1) is 23.4 Å². The summed E-state index contributed by atoms with van der Waals surface area (Å²) >= 11 is 5.98. The highest BCUT2D eigenvalue weighted by Gasteiger charge is 2.05. The molecule has 1 aromatic rings. The number of unbranched alkanes of at least 4 members (excludes halogenated alkanes) is 1. The molecule has 1 unspecified atom stereocenters. The van der Waals surface area contributed by atoms with E-state index in [4.69, 9.17) is 16.3 Å². The monoisotopic (exact) mass is 257 g/mol. The minimum Gasteiger partial charge on any atom is -0.389 e. The van der Waals surface area contributed by atoms with E-state index >= 15 is 0 Å². The van der Waals surface area contributed by atoms with Crippen LogP contribution in [0.5, 0.6) is 0 Å². The summed E-state index contributed by atoms with van der Waals surface area (Å²) in [7, 11) is 0. The van der Waals surface area contributed by atoms with Crippen molar-refractivity contribution in [1.29, 1.82) is 0 Å². The van der Waals surface area contributed by atoms with E-state index in [1.807, 2.05) is 24.3 Å². The second kappa shape index (κ2) is 8.34. The average Bonchev–Trinajstić information content (AvgIpc) is 2.34. The lowest BCUT2D eigenvalue weighted by atomic mass is 10.3. The second-order valence-electron chi connectivity index (χ2n) is 3.94. The molecule has 0 saturated carbocycles. The zero-order valence-corrected chi connectivity index (χ0v) is 10.9. The van der Waals surface area contributed by atoms with Crippen LogP contribution in [0, 0.1) is 0 Å². The van der Waals surface area contributed by atoms with Gasteiger partial charge in [-0.3, -0.25) is 0 Å². The fourth-order valence-corrected chi connectivity index (χ4v) is 1.56. The predicted molar refractivity (Wildman–Crippen MR) is 71.7 cm³/mol. The molecule has 1 aromatic carbocycles. The summed E-state index contributed by atoms with van der Waals surface area (Å²) in [5, 5.41) is 13.4. The molecule has 0 bridgehead atoms. The third-order valence-corrected chi connectivity index (χ3v) is 2.68. The third kappa shape index (κ3) is 5.91. The van der Waals surface area contributed by atoms with Gasteiger partial charge in [0.1, 0.15) is 0 Å². The van der Waals surface area contributed by atoms with Crippen molar-refractivity contribution in [2.24, 2.45) is 0 Å². The lowest BCUT2D eigenvalue weighted by Crippen LogP contribution is -2.25. The molecule has 0 aromatic heterocycles. The summed E-state index contributed by atoms with van der Waals surface area (Å²) < 4.78 is 5.33. The van der Waals surface area contributed by atoms with Crippen molar-refractivity contribution in [3.05, 3.63) is 29.3 Å². The molecule has 0 amide bonds. The van der Waals surface area contributed by atoms with Crippen molar-refractivity contribution in [1.82, 2.24) is 0 Å². The average molecular weight is 258 g/mol. The van der Waals surface area contributed by atoms with Crippen molar-refractivity contribution in [3.8, 4) is 0 Å². The fourth-order valence-electron chi connectivity index (χ4n) is 1.36. The molecular weight excluding hydrogens is 238 g/mol. The number of aliphatic hydroxyl groups is 1. The van der Waals surface area contributed by atoms with E-state index in [9.17, 15) is 5.11 Å². The van der Waals surface area contributed by atoms with E-state index in [1.165, 1.54) is 0 Å². The van der Waals surface area contributed by atoms with Crippen LogP contribution in [0.4, 0.5) is 5.69 Å². The number of halogens is 1. The molecule has 0 aliphatic carbocycles. The Labute approximate surface area is 108 Å². The van der Waals surface area contributed by atoms with E-state index in [0.717, 1.165) is 18.5 Å². The van der Waals surface area contributed by atoms with Gasteiger partial charge in [-0.15, -0.1) is 0 Å². The largest absolute Gasteiger partial charge is 0.389 e. The maximum absolute atomic E-state index is 9.67. The molecule has 3 nitrogen and oxygen atoms in total. The van der Waals surface area contributed by atoms with Crippen LogP contribution in [0.1, 0.15) is 19.8 Å². The predicted octanol–water partition coefficient (Wildman–Crippen LogP) is 2.93.